The molecular formula is C115H82BBr2N13O4. The average molecular weight is 1880 g/mol. The van der Waals surface area contributed by atoms with Gasteiger partial charge in [0.15, 0.2) is 12.1 Å². The highest BCUT2D eigenvalue weighted by Gasteiger charge is 2.51. The number of ketones is 1. The molecule has 12 aromatic heterocycles. The predicted octanol–water partition coefficient (Wildman–Crippen LogP) is 27.5. The lowest BCUT2D eigenvalue weighted by molar-refractivity contribution is 0.00578. The first-order valence-electron chi connectivity index (χ1n) is 44.0. The normalized spacial score (nSPS) is 12.5. The number of hydrogen-bond acceptors (Lipinski definition) is 17. The van der Waals surface area contributed by atoms with Crippen molar-refractivity contribution < 1.29 is 18.9 Å². The third kappa shape index (κ3) is 18.3. The Balaban J connectivity index is 0.000000111. The summed E-state index contributed by atoms with van der Waals surface area (Å²) in [6.07, 6.45) is 18.9. The molecule has 1 fully saturated rings. The minimum atomic E-state index is -0.353. The molecule has 11 aromatic carbocycles. The minimum Gasteiger partial charge on any atom is -0.399 e. The summed E-state index contributed by atoms with van der Waals surface area (Å²) in [7, 11) is -0.353. The van der Waals surface area contributed by atoms with Crippen LogP contribution in [0.25, 0.3) is 199 Å². The van der Waals surface area contributed by atoms with Gasteiger partial charge >= 0.3 is 7.12 Å². The molecule has 1 aliphatic rings. The molecule has 0 radical (unpaired) electrons. The number of pyridine rings is 12. The molecule has 0 unspecified atom stereocenters. The van der Waals surface area contributed by atoms with Gasteiger partial charge in [-0.3, -0.25) is 49.5 Å². The Hall–Kier alpha value is -16.1. The zero-order valence-corrected chi connectivity index (χ0v) is 77.1. The lowest BCUT2D eigenvalue weighted by Gasteiger charge is -2.32. The van der Waals surface area contributed by atoms with Gasteiger partial charge < -0.3 is 15.0 Å². The molecule has 17 nitrogen and oxygen atoms in total. The van der Waals surface area contributed by atoms with Gasteiger partial charge in [0.25, 0.3) is 0 Å². The Morgan fingerprint density at radius 1 is 0.311 bits per heavy atom. The highest BCUT2D eigenvalue weighted by atomic mass is 79.9. The fourth-order valence-electron chi connectivity index (χ4n) is 16.9. The Morgan fingerprint density at radius 3 is 1.03 bits per heavy atom. The maximum Gasteiger partial charge on any atom is 0.494 e. The van der Waals surface area contributed by atoms with E-state index in [4.69, 9.17) is 35.0 Å². The maximum absolute atomic E-state index is 11.4. The average Bonchev–Trinajstić information content (AvgIpc) is 1.73. The van der Waals surface area contributed by atoms with Crippen molar-refractivity contribution in [1.82, 2.24) is 59.8 Å². The van der Waals surface area contributed by atoms with Crippen LogP contribution in [0.3, 0.4) is 0 Å². The fraction of sp³-hybridized carbons (Fsp3) is 0.0609. The number of halogens is 2. The topological polar surface area (TPSA) is 233 Å². The van der Waals surface area contributed by atoms with E-state index in [1.54, 1.807) is 56.1 Å². The van der Waals surface area contributed by atoms with Gasteiger partial charge in [0.05, 0.1) is 89.1 Å². The molecule has 0 saturated carbocycles. The molecule has 20 heteroatoms. The molecule has 1 aliphatic heterocycles. The van der Waals surface area contributed by atoms with Crippen molar-refractivity contribution in [3.05, 3.63) is 410 Å². The molecule has 0 bridgehead atoms. The van der Waals surface area contributed by atoms with Crippen LogP contribution in [0.15, 0.2) is 398 Å². The van der Waals surface area contributed by atoms with Crippen LogP contribution in [0.1, 0.15) is 55.3 Å². The zero-order valence-electron chi connectivity index (χ0n) is 73.9. The molecule has 648 valence electrons. The van der Waals surface area contributed by atoms with Crippen LogP contribution in [0.5, 0.6) is 0 Å². The third-order valence-electron chi connectivity index (χ3n) is 24.8. The van der Waals surface area contributed by atoms with E-state index in [1.165, 1.54) is 0 Å². The van der Waals surface area contributed by atoms with Crippen molar-refractivity contribution in [3.8, 4) is 89.5 Å². The van der Waals surface area contributed by atoms with E-state index >= 15 is 0 Å². The summed E-state index contributed by atoms with van der Waals surface area (Å²) in [5, 5.41) is 11.0. The minimum absolute atomic E-state index is 0.0753. The molecule has 1 saturated heterocycles. The Labute approximate surface area is 794 Å². The van der Waals surface area contributed by atoms with Crippen molar-refractivity contribution in [2.75, 3.05) is 5.73 Å². The molecule has 0 spiro atoms. The third-order valence-corrected chi connectivity index (χ3v) is 25.8. The van der Waals surface area contributed by atoms with Crippen LogP contribution in [0.4, 0.5) is 5.69 Å². The largest absolute Gasteiger partial charge is 0.494 e. The van der Waals surface area contributed by atoms with Gasteiger partial charge in [-0.05, 0) is 242 Å². The van der Waals surface area contributed by atoms with E-state index < -0.39 is 0 Å². The molecule has 0 atom stereocenters. The van der Waals surface area contributed by atoms with Gasteiger partial charge in [0.1, 0.15) is 0 Å². The second kappa shape index (κ2) is 37.6. The second-order valence-corrected chi connectivity index (χ2v) is 35.6. The first-order chi connectivity index (χ1) is 65.9. The lowest BCUT2D eigenvalue weighted by Crippen LogP contribution is -2.41. The van der Waals surface area contributed by atoms with E-state index in [-0.39, 0.29) is 24.1 Å². The second-order valence-electron chi connectivity index (χ2n) is 33.8. The summed E-state index contributed by atoms with van der Waals surface area (Å²) >= 11 is 6.74. The summed E-state index contributed by atoms with van der Waals surface area (Å²) < 4.78 is 14.2. The first-order valence-corrected chi connectivity index (χ1v) is 45.6. The van der Waals surface area contributed by atoms with E-state index in [2.05, 4.69) is 300 Å². The standard InChI is InChI=1S/C41H25N5.C27H16BrN3.C20H21BN2O2.C20H14N2O.C7H6BrNO/c1-2-29-7-12-35-34(19-23-44-41(35)40(29)43-20-1)26-3-5-27(6-4-26)36-15-10-32-24-30(8-13-38(32)45-36)31-9-14-39-33(25-31)11-16-37(46-39)28-17-21-42-22-18-28;28-21-9-12-25-20(16-21)8-11-24(31-25)18-5-3-17(4-6-18)22-13-15-30-27-23(22)10-7-19-2-1-14-29-26(19)27;1-19(2)20(3,4)25-21(24-19)16-6-8-18-15(13-16)5-7-17(23-18)14-9-11-22-12-10-14;1-13(23)14-4-6-15(7-5-14)17-10-12-22-20-18(17)9-8-16-3-2-11-21-19(16)20;8-6-1-2-7(9)5(3-6)4-10/h1-25H;1-16H;5-13H,1-4H3;2-12H,1H3;1-4H,9H2. The number of Topliss-reactive ketones (excluding diaryl/α,β-unsaturated/α-hetero) is 1. The Morgan fingerprint density at radius 2 is 0.637 bits per heavy atom. The smallest absolute Gasteiger partial charge is 0.399 e. The number of nitrogens with zero attached hydrogens (tertiary/aromatic N) is 12. The fourth-order valence-corrected chi connectivity index (χ4v) is 17.6. The van der Waals surface area contributed by atoms with E-state index in [1.807, 2.05) is 140 Å². The number of nitrogen functional groups attached to an aromatic ring is 1. The van der Waals surface area contributed by atoms with Crippen molar-refractivity contribution in [1.29, 1.82) is 0 Å². The molecule has 23 aromatic rings. The van der Waals surface area contributed by atoms with E-state index in [0.717, 1.165) is 225 Å². The van der Waals surface area contributed by atoms with Gasteiger partial charge in [-0.25, -0.2) is 19.9 Å². The number of aldehydes is 1. The van der Waals surface area contributed by atoms with Gasteiger partial charge in [0, 0.05) is 158 Å². The summed E-state index contributed by atoms with van der Waals surface area (Å²) in [6, 6.07) is 111. The molecule has 24 rings (SSSR count). The van der Waals surface area contributed by atoms with Crippen molar-refractivity contribution >= 4 is 171 Å². The lowest BCUT2D eigenvalue weighted by atomic mass is 9.78. The van der Waals surface area contributed by atoms with E-state index in [9.17, 15) is 9.59 Å². The number of carbonyl (C=O) groups is 2. The SMILES string of the molecule is Brc1ccc2nc(-c3ccc(-c4ccnc5c4ccc4cccnc45)cc3)ccc2c1.CC(=O)c1ccc(-c2ccnc3c2ccc2cccnc23)cc1.CC1(C)OB(c2ccc3nc(-c4ccncc4)ccc3c2)OC1(C)C.Nc1ccc(Br)cc1C=O.c1cnc2c(c1)ccc1c(-c3ccc(-c4ccc5cc(-c6ccc7nc(-c8ccncc8)ccc7c6)ccc5n4)cc3)ccnc12. The van der Waals surface area contributed by atoms with Crippen LogP contribution in [0.2, 0.25) is 0 Å². The van der Waals surface area contributed by atoms with Crippen LogP contribution >= 0.6 is 31.9 Å². The summed E-state index contributed by atoms with van der Waals surface area (Å²) in [6.45, 7) is 9.84. The quantitative estimate of drug-likeness (QED) is 0.0417. The van der Waals surface area contributed by atoms with Crippen LogP contribution in [-0.4, -0.2) is 90.2 Å². The molecule has 2 N–H and O–H groups in total. The van der Waals surface area contributed by atoms with Crippen molar-refractivity contribution in [2.45, 2.75) is 45.8 Å². The molecule has 13 heterocycles. The first kappa shape index (κ1) is 86.9. The number of benzene rings is 11. The van der Waals surface area contributed by atoms with Crippen molar-refractivity contribution in [3.63, 3.8) is 0 Å². The molecular weight excluding hydrogens is 1800 g/mol. The van der Waals surface area contributed by atoms with Gasteiger partial charge in [-0.2, -0.15) is 0 Å². The van der Waals surface area contributed by atoms with Crippen LogP contribution in [0, 0.1) is 0 Å². The molecule has 0 aliphatic carbocycles. The maximum atomic E-state index is 11.4. The number of rotatable bonds is 11. The van der Waals surface area contributed by atoms with Crippen molar-refractivity contribution in [2.24, 2.45) is 0 Å². The highest BCUT2D eigenvalue weighted by molar-refractivity contribution is 9.10. The Bertz CT molecular complexity index is 8490. The Kier molecular flexibility index (Phi) is 24.2. The highest BCUT2D eigenvalue weighted by Crippen LogP contribution is 2.41. The van der Waals surface area contributed by atoms with E-state index in [0.29, 0.717) is 11.3 Å². The van der Waals surface area contributed by atoms with Gasteiger partial charge in [0.2, 0.25) is 0 Å². The number of carbonyl (C=O) groups excluding carboxylic acids is 2. The molecule has 0 amide bonds. The summed E-state index contributed by atoms with van der Waals surface area (Å²) in [5.41, 5.74) is 34.1. The zero-order chi connectivity index (χ0) is 92.3. The monoisotopic (exact) mass is 1880 g/mol. The summed E-state index contributed by atoms with van der Waals surface area (Å²) in [4.78, 5) is 76.8. The number of hydrogen-bond donors (Lipinski definition) is 1. The number of fused-ring (bicyclic) bond motifs is 13. The molecule has 135 heavy (non-hydrogen) atoms. The number of aromatic nitrogens is 12. The van der Waals surface area contributed by atoms with Gasteiger partial charge in [-0.1, -0.05) is 208 Å². The number of nitrogens with two attached hydrogens (primary N) is 1. The van der Waals surface area contributed by atoms with Crippen LogP contribution < -0.4 is 11.2 Å². The summed E-state index contributed by atoms with van der Waals surface area (Å²) in [5.74, 6) is 0.0753. The van der Waals surface area contributed by atoms with Gasteiger partial charge in [-0.15, -0.1) is 0 Å². The predicted molar refractivity (Wildman–Crippen MR) is 555 cm³/mol. The van der Waals surface area contributed by atoms with Crippen LogP contribution in [-0.2, 0) is 9.31 Å². The number of anilines is 1.